The zero-order valence-corrected chi connectivity index (χ0v) is 16.4. The molecule has 2 N–H and O–H groups in total. The van der Waals surface area contributed by atoms with Crippen molar-refractivity contribution in [3.63, 3.8) is 0 Å². The Morgan fingerprint density at radius 3 is 2.46 bits per heavy atom. The first-order valence-electron chi connectivity index (χ1n) is 8.63. The lowest BCUT2D eigenvalue weighted by Crippen LogP contribution is -2.16. The van der Waals surface area contributed by atoms with E-state index in [9.17, 15) is 9.59 Å². The van der Waals surface area contributed by atoms with E-state index in [1.165, 1.54) is 0 Å². The minimum Gasteiger partial charge on any atom is -0.493 e. The molecule has 0 bridgehead atoms. The zero-order valence-electron chi connectivity index (χ0n) is 14.8. The summed E-state index contributed by atoms with van der Waals surface area (Å²) in [6, 6.07) is 10.7. The molecule has 1 aliphatic carbocycles. The molecule has 0 aromatic heterocycles. The van der Waals surface area contributed by atoms with E-state index in [0.717, 1.165) is 28.6 Å². The van der Waals surface area contributed by atoms with E-state index in [4.69, 9.17) is 4.74 Å². The number of carbonyl (C=O) groups is 2. The summed E-state index contributed by atoms with van der Waals surface area (Å²) in [5, 5.41) is 5.85. The minimum absolute atomic E-state index is 0.0482. The van der Waals surface area contributed by atoms with Crippen molar-refractivity contribution in [2.45, 2.75) is 26.7 Å². The highest BCUT2D eigenvalue weighted by Gasteiger charge is 2.29. The molecule has 1 saturated carbocycles. The normalized spacial score (nSPS) is 13.2. The molecule has 0 heterocycles. The summed E-state index contributed by atoms with van der Waals surface area (Å²) in [7, 11) is 0. The number of rotatable bonds is 6. The summed E-state index contributed by atoms with van der Waals surface area (Å²) in [6.45, 7) is 4.35. The molecular formula is C20H21BrN2O3. The van der Waals surface area contributed by atoms with Gasteiger partial charge in [-0.15, -0.1) is 0 Å². The van der Waals surface area contributed by atoms with Crippen molar-refractivity contribution in [3.8, 4) is 5.75 Å². The molecule has 1 fully saturated rings. The molecule has 0 saturated heterocycles. The number of nitrogens with one attached hydrogen (secondary N) is 2. The maximum absolute atomic E-state index is 12.6. The topological polar surface area (TPSA) is 67.4 Å². The molecule has 2 aromatic carbocycles. The van der Waals surface area contributed by atoms with Gasteiger partial charge < -0.3 is 15.4 Å². The lowest BCUT2D eigenvalue weighted by atomic mass is 10.1. The van der Waals surface area contributed by atoms with Gasteiger partial charge in [-0.2, -0.15) is 0 Å². The van der Waals surface area contributed by atoms with Crippen molar-refractivity contribution in [2.75, 3.05) is 17.2 Å². The number of anilines is 2. The molecule has 3 rings (SSSR count). The van der Waals surface area contributed by atoms with Crippen LogP contribution < -0.4 is 15.4 Å². The van der Waals surface area contributed by atoms with Crippen LogP contribution in [0.5, 0.6) is 5.75 Å². The molecule has 0 spiro atoms. The van der Waals surface area contributed by atoms with Crippen LogP contribution in [0, 0.1) is 12.8 Å². The first kappa shape index (κ1) is 18.5. The van der Waals surface area contributed by atoms with Gasteiger partial charge in [0.1, 0.15) is 5.75 Å². The van der Waals surface area contributed by atoms with Gasteiger partial charge in [0.15, 0.2) is 0 Å². The van der Waals surface area contributed by atoms with Crippen LogP contribution >= 0.6 is 15.9 Å². The Bertz CT molecular complexity index is 847. The van der Waals surface area contributed by atoms with E-state index in [-0.39, 0.29) is 17.7 Å². The monoisotopic (exact) mass is 416 g/mol. The van der Waals surface area contributed by atoms with Crippen molar-refractivity contribution in [1.82, 2.24) is 0 Å². The lowest BCUT2D eigenvalue weighted by molar-refractivity contribution is -0.117. The lowest BCUT2D eigenvalue weighted by Gasteiger charge is -2.14. The summed E-state index contributed by atoms with van der Waals surface area (Å²) in [4.78, 5) is 24.6. The van der Waals surface area contributed by atoms with Crippen LogP contribution in [-0.2, 0) is 4.79 Å². The van der Waals surface area contributed by atoms with Gasteiger partial charge in [0.2, 0.25) is 5.91 Å². The van der Waals surface area contributed by atoms with Gasteiger partial charge in [0, 0.05) is 22.9 Å². The van der Waals surface area contributed by atoms with E-state index in [0.29, 0.717) is 23.6 Å². The summed E-state index contributed by atoms with van der Waals surface area (Å²) in [5.74, 6) is 0.661. The standard InChI is InChI=1S/C20H21BrN2O3/c1-3-26-18-10-9-14(11-15(18)21)20(25)23-17-6-4-5-16(12(17)2)22-19(24)13-7-8-13/h4-6,9-11,13H,3,7-8H2,1-2H3,(H,22,24)(H,23,25). The van der Waals surface area contributed by atoms with E-state index >= 15 is 0 Å². The van der Waals surface area contributed by atoms with E-state index in [1.54, 1.807) is 18.2 Å². The third kappa shape index (κ3) is 4.25. The average molecular weight is 417 g/mol. The van der Waals surface area contributed by atoms with E-state index < -0.39 is 0 Å². The van der Waals surface area contributed by atoms with Crippen molar-refractivity contribution in [2.24, 2.45) is 5.92 Å². The van der Waals surface area contributed by atoms with E-state index in [2.05, 4.69) is 26.6 Å². The summed E-state index contributed by atoms with van der Waals surface area (Å²) >= 11 is 3.42. The van der Waals surface area contributed by atoms with Crippen LogP contribution in [0.1, 0.15) is 35.7 Å². The van der Waals surface area contributed by atoms with Crippen molar-refractivity contribution in [3.05, 3.63) is 52.0 Å². The number of hydrogen-bond acceptors (Lipinski definition) is 3. The van der Waals surface area contributed by atoms with Crippen LogP contribution in [0.25, 0.3) is 0 Å². The molecule has 2 aromatic rings. The smallest absolute Gasteiger partial charge is 0.255 e. The summed E-state index contributed by atoms with van der Waals surface area (Å²) in [6.07, 6.45) is 1.90. The minimum atomic E-state index is -0.220. The number of ether oxygens (including phenoxy) is 1. The third-order valence-corrected chi connectivity index (χ3v) is 4.90. The predicted octanol–water partition coefficient (Wildman–Crippen LogP) is 4.76. The molecule has 6 heteroatoms. The Hall–Kier alpha value is -2.34. The Labute approximate surface area is 161 Å². The van der Waals surface area contributed by atoms with Gasteiger partial charge in [-0.05, 0) is 78.5 Å². The molecule has 0 radical (unpaired) electrons. The van der Waals surface area contributed by atoms with Crippen molar-refractivity contribution in [1.29, 1.82) is 0 Å². The third-order valence-electron chi connectivity index (χ3n) is 4.28. The van der Waals surface area contributed by atoms with Crippen molar-refractivity contribution < 1.29 is 14.3 Å². The molecule has 1 aliphatic rings. The predicted molar refractivity (Wildman–Crippen MR) is 106 cm³/mol. The Balaban J connectivity index is 1.74. The molecule has 136 valence electrons. The fourth-order valence-electron chi connectivity index (χ4n) is 2.60. The fraction of sp³-hybridized carbons (Fsp3) is 0.300. The summed E-state index contributed by atoms with van der Waals surface area (Å²) in [5.41, 5.74) is 2.76. The second-order valence-electron chi connectivity index (χ2n) is 6.27. The van der Waals surface area contributed by atoms with Gasteiger partial charge in [-0.25, -0.2) is 0 Å². The van der Waals surface area contributed by atoms with Gasteiger partial charge in [-0.3, -0.25) is 9.59 Å². The summed E-state index contributed by atoms with van der Waals surface area (Å²) < 4.78 is 6.20. The largest absolute Gasteiger partial charge is 0.493 e. The highest BCUT2D eigenvalue weighted by Crippen LogP contribution is 2.32. The number of carbonyl (C=O) groups excluding carboxylic acids is 2. The van der Waals surface area contributed by atoms with Crippen LogP contribution in [0.2, 0.25) is 0 Å². The van der Waals surface area contributed by atoms with Gasteiger partial charge >= 0.3 is 0 Å². The zero-order chi connectivity index (χ0) is 18.7. The highest BCUT2D eigenvalue weighted by atomic mass is 79.9. The van der Waals surface area contributed by atoms with Crippen molar-refractivity contribution >= 4 is 39.1 Å². The molecule has 5 nitrogen and oxygen atoms in total. The van der Waals surface area contributed by atoms with Crippen LogP contribution in [0.3, 0.4) is 0 Å². The first-order chi connectivity index (χ1) is 12.5. The maximum Gasteiger partial charge on any atom is 0.255 e. The number of benzene rings is 2. The first-order valence-corrected chi connectivity index (χ1v) is 9.43. The molecule has 0 unspecified atom stereocenters. The van der Waals surface area contributed by atoms with Gasteiger partial charge in [-0.1, -0.05) is 6.07 Å². The number of amides is 2. The van der Waals surface area contributed by atoms with Crippen LogP contribution in [0.4, 0.5) is 11.4 Å². The average Bonchev–Trinajstić information content (AvgIpc) is 3.45. The SMILES string of the molecule is CCOc1ccc(C(=O)Nc2cccc(NC(=O)C3CC3)c2C)cc1Br. The van der Waals surface area contributed by atoms with Crippen LogP contribution in [-0.4, -0.2) is 18.4 Å². The Kier molecular flexibility index (Phi) is 5.61. The number of hydrogen-bond donors (Lipinski definition) is 2. The molecule has 2 amide bonds. The number of halogens is 1. The molecule has 0 atom stereocenters. The fourth-order valence-corrected chi connectivity index (χ4v) is 3.09. The van der Waals surface area contributed by atoms with Gasteiger partial charge in [0.25, 0.3) is 5.91 Å². The Morgan fingerprint density at radius 2 is 1.85 bits per heavy atom. The maximum atomic E-state index is 12.6. The van der Waals surface area contributed by atoms with E-state index in [1.807, 2.05) is 32.0 Å². The quantitative estimate of drug-likeness (QED) is 0.713. The van der Waals surface area contributed by atoms with Crippen LogP contribution in [0.15, 0.2) is 40.9 Å². The van der Waals surface area contributed by atoms with Gasteiger partial charge in [0.05, 0.1) is 11.1 Å². The molecule has 0 aliphatic heterocycles. The Morgan fingerprint density at radius 1 is 1.15 bits per heavy atom. The second kappa shape index (κ2) is 7.91. The highest BCUT2D eigenvalue weighted by molar-refractivity contribution is 9.10. The second-order valence-corrected chi connectivity index (χ2v) is 7.13. The molecule has 26 heavy (non-hydrogen) atoms. The molecular weight excluding hydrogens is 396 g/mol.